The number of carbonyl (C=O) groups is 1. The van der Waals surface area contributed by atoms with Gasteiger partial charge in [0, 0.05) is 24.7 Å². The van der Waals surface area contributed by atoms with Gasteiger partial charge in [-0.3, -0.25) is 5.32 Å². The summed E-state index contributed by atoms with van der Waals surface area (Å²) in [5.41, 5.74) is 0.999. The van der Waals surface area contributed by atoms with Crippen molar-refractivity contribution < 1.29 is 13.2 Å². The maximum absolute atomic E-state index is 12.3. The number of aromatic nitrogens is 1. The molecule has 1 aromatic rings. The van der Waals surface area contributed by atoms with E-state index in [1.165, 1.54) is 4.90 Å². The molecule has 1 atom stereocenters. The number of nitrogens with two attached hydrogens (primary N) is 1. The Balaban J connectivity index is 1.65. The van der Waals surface area contributed by atoms with Crippen molar-refractivity contribution in [3.63, 3.8) is 0 Å². The monoisotopic (exact) mass is 324 g/mol. The van der Waals surface area contributed by atoms with Gasteiger partial charge >= 0.3 is 6.03 Å². The Hall–Kier alpha value is -1.67. The summed E-state index contributed by atoms with van der Waals surface area (Å²) in [6.45, 7) is 0.660. The lowest BCUT2D eigenvalue weighted by Gasteiger charge is -2.31. The number of urea groups is 1. The molecule has 2 heterocycles. The van der Waals surface area contributed by atoms with E-state index in [1.807, 2.05) is 12.1 Å². The zero-order chi connectivity index (χ0) is 15.7. The molecule has 3 rings (SSSR count). The number of hydrogen-bond acceptors (Lipinski definition) is 4. The fraction of sp³-hybridized carbons (Fsp3) is 0.571. The molecule has 1 saturated carbocycles. The molecule has 2 amide bonds. The molecule has 1 aromatic heterocycles. The van der Waals surface area contributed by atoms with Gasteiger partial charge in [-0.25, -0.2) is 23.3 Å². The summed E-state index contributed by atoms with van der Waals surface area (Å²) in [4.78, 5) is 18.2. The third kappa shape index (κ3) is 3.56. The number of carbonyl (C=O) groups excluding carboxylic acids is 1. The Morgan fingerprint density at radius 2 is 2.09 bits per heavy atom. The van der Waals surface area contributed by atoms with E-state index in [0.29, 0.717) is 31.1 Å². The third-order valence-electron chi connectivity index (χ3n) is 4.13. The third-order valence-corrected chi connectivity index (χ3v) is 5.45. The van der Waals surface area contributed by atoms with Crippen LogP contribution in [0.1, 0.15) is 37.3 Å². The minimum Gasteiger partial charge on any atom is -0.323 e. The van der Waals surface area contributed by atoms with Crippen molar-refractivity contribution >= 4 is 21.9 Å². The Bertz CT molecular complexity index is 672. The first-order valence-corrected chi connectivity index (χ1v) is 9.09. The number of amides is 2. The Morgan fingerprint density at radius 3 is 2.77 bits per heavy atom. The molecule has 8 heteroatoms. The van der Waals surface area contributed by atoms with Gasteiger partial charge in [0.1, 0.15) is 5.82 Å². The van der Waals surface area contributed by atoms with E-state index in [1.54, 1.807) is 6.07 Å². The van der Waals surface area contributed by atoms with Gasteiger partial charge in [0.25, 0.3) is 0 Å². The quantitative estimate of drug-likeness (QED) is 0.872. The van der Waals surface area contributed by atoms with E-state index in [9.17, 15) is 13.2 Å². The topological polar surface area (TPSA) is 105 Å². The van der Waals surface area contributed by atoms with Crippen LogP contribution in [0.15, 0.2) is 18.2 Å². The number of likely N-dealkylation sites (tertiary alicyclic amines) is 1. The summed E-state index contributed by atoms with van der Waals surface area (Å²) in [6, 6.07) is 5.25. The lowest BCUT2D eigenvalue weighted by atomic mass is 10.1. The highest BCUT2D eigenvalue weighted by molar-refractivity contribution is 7.89. The summed E-state index contributed by atoms with van der Waals surface area (Å²) in [5, 5.41) is 7.25. The summed E-state index contributed by atoms with van der Waals surface area (Å²) in [7, 11) is -3.61. The van der Waals surface area contributed by atoms with Crippen molar-refractivity contribution in [2.45, 2.75) is 36.9 Å². The summed E-state index contributed by atoms with van der Waals surface area (Å²) >= 11 is 0. The second-order valence-electron chi connectivity index (χ2n) is 5.95. The van der Waals surface area contributed by atoms with Crippen molar-refractivity contribution in [2.24, 2.45) is 5.14 Å². The Morgan fingerprint density at radius 1 is 1.32 bits per heavy atom. The molecule has 0 radical (unpaired) electrons. The average Bonchev–Trinajstić information content (AvgIpc) is 3.31. The molecule has 22 heavy (non-hydrogen) atoms. The van der Waals surface area contributed by atoms with E-state index >= 15 is 0 Å². The maximum atomic E-state index is 12.3. The number of rotatable bonds is 3. The molecule has 0 aromatic carbocycles. The molecule has 1 unspecified atom stereocenters. The van der Waals surface area contributed by atoms with Crippen molar-refractivity contribution in [3.8, 4) is 0 Å². The molecule has 1 saturated heterocycles. The van der Waals surface area contributed by atoms with Gasteiger partial charge in [0.05, 0.1) is 5.25 Å². The number of anilines is 1. The van der Waals surface area contributed by atoms with Gasteiger partial charge in [-0.1, -0.05) is 6.07 Å². The number of nitrogens with one attached hydrogen (secondary N) is 1. The molecule has 120 valence electrons. The fourth-order valence-electron chi connectivity index (χ4n) is 2.71. The van der Waals surface area contributed by atoms with Gasteiger partial charge in [-0.15, -0.1) is 0 Å². The van der Waals surface area contributed by atoms with Gasteiger partial charge in [0.15, 0.2) is 0 Å². The average molecular weight is 324 g/mol. The van der Waals surface area contributed by atoms with E-state index in [-0.39, 0.29) is 12.6 Å². The summed E-state index contributed by atoms with van der Waals surface area (Å²) in [5.74, 6) is 1.02. The maximum Gasteiger partial charge on any atom is 0.323 e. The van der Waals surface area contributed by atoms with E-state index in [2.05, 4.69) is 10.3 Å². The van der Waals surface area contributed by atoms with E-state index < -0.39 is 15.3 Å². The molecule has 3 N–H and O–H groups in total. The smallest absolute Gasteiger partial charge is 0.323 e. The van der Waals surface area contributed by atoms with Crippen LogP contribution in [0.2, 0.25) is 0 Å². The highest BCUT2D eigenvalue weighted by atomic mass is 32.2. The van der Waals surface area contributed by atoms with Gasteiger partial charge < -0.3 is 4.90 Å². The highest BCUT2D eigenvalue weighted by Crippen LogP contribution is 2.39. The molecule has 2 fully saturated rings. The van der Waals surface area contributed by atoms with Crippen molar-refractivity contribution in [3.05, 3.63) is 23.9 Å². The van der Waals surface area contributed by atoms with Crippen LogP contribution in [0.5, 0.6) is 0 Å². The van der Waals surface area contributed by atoms with Crippen molar-refractivity contribution in [1.82, 2.24) is 9.88 Å². The second-order valence-corrected chi connectivity index (χ2v) is 7.80. The zero-order valence-electron chi connectivity index (χ0n) is 12.2. The SMILES string of the molecule is NS(=O)(=O)C1CCCN(C(=O)Nc2cccc(C3CC3)n2)C1. The normalized spacial score (nSPS) is 22.4. The molecule has 7 nitrogen and oxygen atoms in total. The number of piperidine rings is 1. The van der Waals surface area contributed by atoms with Crippen molar-refractivity contribution in [1.29, 1.82) is 0 Å². The number of nitrogens with zero attached hydrogens (tertiary/aromatic N) is 2. The molecule has 1 aliphatic heterocycles. The van der Waals surface area contributed by atoms with E-state index in [0.717, 1.165) is 18.5 Å². The van der Waals surface area contributed by atoms with Crippen LogP contribution in [0.3, 0.4) is 0 Å². The van der Waals surface area contributed by atoms with Crippen LogP contribution in [0.4, 0.5) is 10.6 Å². The van der Waals surface area contributed by atoms with Crippen molar-refractivity contribution in [2.75, 3.05) is 18.4 Å². The molecular weight excluding hydrogens is 304 g/mol. The second kappa shape index (κ2) is 5.85. The summed E-state index contributed by atoms with van der Waals surface area (Å²) in [6.07, 6.45) is 3.42. The summed E-state index contributed by atoms with van der Waals surface area (Å²) < 4.78 is 22.9. The van der Waals surface area contributed by atoms with Gasteiger partial charge in [-0.2, -0.15) is 0 Å². The Kier molecular flexibility index (Phi) is 4.05. The number of hydrogen-bond donors (Lipinski definition) is 2. The van der Waals surface area contributed by atoms with Crippen LogP contribution in [-0.2, 0) is 10.0 Å². The Labute approximate surface area is 129 Å². The predicted octanol–water partition coefficient (Wildman–Crippen LogP) is 1.24. The standard InChI is InChI=1S/C14H20N4O3S/c15-22(20,21)11-3-2-8-18(9-11)14(19)17-13-5-1-4-12(16-13)10-6-7-10/h1,4-5,10-11H,2-3,6-9H2,(H2,15,20,21)(H,16,17,19). The van der Waals surface area contributed by atoms with Gasteiger partial charge in [0.2, 0.25) is 10.0 Å². The number of pyridine rings is 1. The van der Waals surface area contributed by atoms with Crippen LogP contribution in [-0.4, -0.2) is 42.7 Å². The fourth-order valence-corrected chi connectivity index (χ4v) is 3.59. The molecule has 0 spiro atoms. The van der Waals surface area contributed by atoms with Crippen LogP contribution in [0.25, 0.3) is 0 Å². The number of sulfonamides is 1. The van der Waals surface area contributed by atoms with Crippen LogP contribution >= 0.6 is 0 Å². The van der Waals surface area contributed by atoms with Crippen LogP contribution < -0.4 is 10.5 Å². The molecule has 2 aliphatic rings. The first kappa shape index (κ1) is 15.2. The lowest BCUT2D eigenvalue weighted by Crippen LogP contribution is -2.48. The minimum absolute atomic E-state index is 0.132. The van der Waals surface area contributed by atoms with Gasteiger partial charge in [-0.05, 0) is 37.8 Å². The molecule has 1 aliphatic carbocycles. The minimum atomic E-state index is -3.61. The zero-order valence-corrected chi connectivity index (χ0v) is 13.1. The van der Waals surface area contributed by atoms with Crippen LogP contribution in [0, 0.1) is 0 Å². The highest BCUT2D eigenvalue weighted by Gasteiger charge is 2.31. The first-order valence-electron chi connectivity index (χ1n) is 7.48. The van der Waals surface area contributed by atoms with E-state index in [4.69, 9.17) is 5.14 Å². The predicted molar refractivity (Wildman–Crippen MR) is 82.9 cm³/mol. The number of primary sulfonamides is 1. The first-order chi connectivity index (χ1) is 10.4. The lowest BCUT2D eigenvalue weighted by molar-refractivity contribution is 0.200. The largest absolute Gasteiger partial charge is 0.323 e. The molecule has 0 bridgehead atoms. The molecular formula is C14H20N4O3S.